The van der Waals surface area contributed by atoms with Gasteiger partial charge < -0.3 is 19.1 Å². The molecular weight excluding hydrogens is 422 g/mol. The molecule has 1 aliphatic rings. The van der Waals surface area contributed by atoms with Crippen molar-refractivity contribution in [3.05, 3.63) is 42.1 Å². The van der Waals surface area contributed by atoms with E-state index in [1.54, 1.807) is 24.4 Å². The minimum Gasteiger partial charge on any atom is -0.490 e. The van der Waals surface area contributed by atoms with E-state index in [1.165, 1.54) is 23.5 Å². The van der Waals surface area contributed by atoms with Crippen LogP contribution in [-0.4, -0.2) is 70.2 Å². The van der Waals surface area contributed by atoms with Gasteiger partial charge >= 0.3 is 5.97 Å². The Morgan fingerprint density at radius 1 is 1.03 bits per heavy atom. The molecule has 3 rings (SSSR count). The van der Waals surface area contributed by atoms with Crippen LogP contribution in [0.25, 0.3) is 0 Å². The van der Waals surface area contributed by atoms with E-state index in [9.17, 15) is 13.2 Å². The minimum absolute atomic E-state index is 0.154. The number of nitrogens with zero attached hydrogens (tertiary/aromatic N) is 3. The molecule has 0 amide bonds. The van der Waals surface area contributed by atoms with E-state index in [2.05, 4.69) is 4.98 Å². The van der Waals surface area contributed by atoms with Crippen LogP contribution >= 0.6 is 0 Å². The van der Waals surface area contributed by atoms with Gasteiger partial charge in [-0.25, -0.2) is 18.2 Å². The van der Waals surface area contributed by atoms with Crippen LogP contribution in [0.5, 0.6) is 11.5 Å². The maximum Gasteiger partial charge on any atom is 0.341 e. The Morgan fingerprint density at radius 2 is 1.71 bits per heavy atom. The molecule has 9 nitrogen and oxygen atoms in total. The van der Waals surface area contributed by atoms with Gasteiger partial charge in [0.1, 0.15) is 11.4 Å². The van der Waals surface area contributed by atoms with Crippen molar-refractivity contribution in [3.63, 3.8) is 0 Å². The highest BCUT2D eigenvalue weighted by Gasteiger charge is 2.31. The number of hydrogen-bond donors (Lipinski definition) is 0. The van der Waals surface area contributed by atoms with Gasteiger partial charge in [0.05, 0.1) is 25.2 Å². The number of hydrogen-bond acceptors (Lipinski definition) is 8. The fourth-order valence-electron chi connectivity index (χ4n) is 3.40. The second-order valence-corrected chi connectivity index (χ2v) is 8.67. The molecule has 0 atom stereocenters. The van der Waals surface area contributed by atoms with E-state index in [4.69, 9.17) is 14.2 Å². The number of anilines is 1. The largest absolute Gasteiger partial charge is 0.490 e. The van der Waals surface area contributed by atoms with Crippen LogP contribution in [0.15, 0.2) is 41.4 Å². The molecule has 0 bridgehead atoms. The SMILES string of the molecule is CCOc1ccc(S(=O)(=O)N2CCN(c3ncccc3C(=O)OC)CC2)cc1OCC. The number of pyridine rings is 1. The Hall–Kier alpha value is -2.85. The summed E-state index contributed by atoms with van der Waals surface area (Å²) in [7, 11) is -2.40. The first-order valence-corrected chi connectivity index (χ1v) is 11.5. The van der Waals surface area contributed by atoms with Gasteiger partial charge in [0, 0.05) is 38.4 Å². The molecule has 0 saturated carbocycles. The molecule has 0 aliphatic carbocycles. The van der Waals surface area contributed by atoms with Crippen LogP contribution in [0.3, 0.4) is 0 Å². The monoisotopic (exact) mass is 449 g/mol. The molecule has 1 aromatic heterocycles. The lowest BCUT2D eigenvalue weighted by molar-refractivity contribution is 0.0601. The van der Waals surface area contributed by atoms with Crippen molar-refractivity contribution in [1.82, 2.24) is 9.29 Å². The summed E-state index contributed by atoms with van der Waals surface area (Å²) >= 11 is 0. The maximum atomic E-state index is 13.2. The summed E-state index contributed by atoms with van der Waals surface area (Å²) in [5.74, 6) is 0.931. The Labute approximate surface area is 182 Å². The highest BCUT2D eigenvalue weighted by Crippen LogP contribution is 2.32. The van der Waals surface area contributed by atoms with Gasteiger partial charge in [0.2, 0.25) is 10.0 Å². The lowest BCUT2D eigenvalue weighted by atomic mass is 10.2. The fourth-order valence-corrected chi connectivity index (χ4v) is 4.84. The number of aromatic nitrogens is 1. The summed E-state index contributed by atoms with van der Waals surface area (Å²) < 4.78 is 43.7. The van der Waals surface area contributed by atoms with Crippen molar-refractivity contribution in [2.24, 2.45) is 0 Å². The topological polar surface area (TPSA) is 98.3 Å². The molecule has 168 valence electrons. The molecule has 1 aliphatic heterocycles. The van der Waals surface area contributed by atoms with Crippen LogP contribution in [0.2, 0.25) is 0 Å². The first kappa shape index (κ1) is 22.8. The molecule has 0 radical (unpaired) electrons. The summed E-state index contributed by atoms with van der Waals surface area (Å²) in [6.07, 6.45) is 1.60. The summed E-state index contributed by atoms with van der Waals surface area (Å²) in [6.45, 7) is 5.85. The van der Waals surface area contributed by atoms with Crippen molar-refractivity contribution >= 4 is 21.8 Å². The summed E-state index contributed by atoms with van der Waals surface area (Å²) in [4.78, 5) is 18.4. The predicted molar refractivity (Wildman–Crippen MR) is 115 cm³/mol. The van der Waals surface area contributed by atoms with Gasteiger partial charge in [0.15, 0.2) is 11.5 Å². The van der Waals surface area contributed by atoms with Gasteiger partial charge in [-0.2, -0.15) is 4.31 Å². The molecule has 0 spiro atoms. The quantitative estimate of drug-likeness (QED) is 0.566. The standard InChI is InChI=1S/C21H27N3O6S/c1-4-29-18-9-8-16(15-19(18)30-5-2)31(26,27)24-13-11-23(12-14-24)20-17(21(25)28-3)7-6-10-22-20/h6-10,15H,4-5,11-14H2,1-3H3. The molecule has 10 heteroatoms. The fraction of sp³-hybridized carbons (Fsp3) is 0.429. The van der Waals surface area contributed by atoms with Crippen LogP contribution < -0.4 is 14.4 Å². The maximum absolute atomic E-state index is 13.2. The van der Waals surface area contributed by atoms with Crippen molar-refractivity contribution in [2.75, 3.05) is 51.4 Å². The van der Waals surface area contributed by atoms with Crippen molar-refractivity contribution in [1.29, 1.82) is 0 Å². The number of carbonyl (C=O) groups is 1. The van der Waals surface area contributed by atoms with Gasteiger partial charge in [0.25, 0.3) is 0 Å². The molecule has 2 aromatic rings. The number of methoxy groups -OCH3 is 1. The first-order valence-electron chi connectivity index (χ1n) is 10.1. The Bertz CT molecular complexity index is 1020. The zero-order chi connectivity index (χ0) is 22.4. The number of rotatable bonds is 8. The third-order valence-corrected chi connectivity index (χ3v) is 6.78. The van der Waals surface area contributed by atoms with Crippen LogP contribution in [0, 0.1) is 0 Å². The predicted octanol–water partition coefficient (Wildman–Crippen LogP) is 2.18. The normalized spacial score (nSPS) is 14.9. The highest BCUT2D eigenvalue weighted by molar-refractivity contribution is 7.89. The Morgan fingerprint density at radius 3 is 2.35 bits per heavy atom. The number of esters is 1. The van der Waals surface area contributed by atoms with Crippen LogP contribution in [0.4, 0.5) is 5.82 Å². The third kappa shape index (κ3) is 4.91. The van der Waals surface area contributed by atoms with E-state index >= 15 is 0 Å². The van der Waals surface area contributed by atoms with Crippen molar-refractivity contribution in [3.8, 4) is 11.5 Å². The number of carbonyl (C=O) groups excluding carboxylic acids is 1. The lowest BCUT2D eigenvalue weighted by Crippen LogP contribution is -2.49. The van der Waals surface area contributed by atoms with Crippen LogP contribution in [0.1, 0.15) is 24.2 Å². The molecule has 1 fully saturated rings. The molecular formula is C21H27N3O6S. The first-order chi connectivity index (χ1) is 14.9. The lowest BCUT2D eigenvalue weighted by Gasteiger charge is -2.35. The zero-order valence-corrected chi connectivity index (χ0v) is 18.7. The molecule has 1 aromatic carbocycles. The summed E-state index contributed by atoms with van der Waals surface area (Å²) in [5.41, 5.74) is 0.356. The van der Waals surface area contributed by atoms with E-state index in [0.29, 0.717) is 49.2 Å². The molecule has 0 N–H and O–H groups in total. The van der Waals surface area contributed by atoms with Gasteiger partial charge in [-0.15, -0.1) is 0 Å². The highest BCUT2D eigenvalue weighted by atomic mass is 32.2. The van der Waals surface area contributed by atoms with Crippen molar-refractivity contribution in [2.45, 2.75) is 18.7 Å². The number of piperazine rings is 1. The molecule has 2 heterocycles. The second kappa shape index (κ2) is 9.97. The molecule has 0 unspecified atom stereocenters. The van der Waals surface area contributed by atoms with E-state index in [-0.39, 0.29) is 18.0 Å². The zero-order valence-electron chi connectivity index (χ0n) is 17.9. The average molecular weight is 450 g/mol. The number of ether oxygens (including phenoxy) is 3. The van der Waals surface area contributed by atoms with Gasteiger partial charge in [-0.1, -0.05) is 0 Å². The summed E-state index contributed by atoms with van der Waals surface area (Å²) in [6, 6.07) is 7.96. The minimum atomic E-state index is -3.71. The average Bonchev–Trinajstić information content (AvgIpc) is 2.80. The number of benzene rings is 1. The van der Waals surface area contributed by atoms with Crippen LogP contribution in [-0.2, 0) is 14.8 Å². The van der Waals surface area contributed by atoms with E-state index < -0.39 is 16.0 Å². The third-order valence-electron chi connectivity index (χ3n) is 4.88. The van der Waals surface area contributed by atoms with E-state index in [0.717, 1.165) is 0 Å². The Kier molecular flexibility index (Phi) is 7.34. The second-order valence-electron chi connectivity index (χ2n) is 6.73. The van der Waals surface area contributed by atoms with Crippen molar-refractivity contribution < 1.29 is 27.4 Å². The van der Waals surface area contributed by atoms with Gasteiger partial charge in [-0.05, 0) is 38.1 Å². The van der Waals surface area contributed by atoms with Gasteiger partial charge in [-0.3, -0.25) is 0 Å². The Balaban J connectivity index is 1.78. The molecule has 1 saturated heterocycles. The molecule has 31 heavy (non-hydrogen) atoms. The smallest absolute Gasteiger partial charge is 0.341 e. The number of sulfonamides is 1. The van der Waals surface area contributed by atoms with E-state index in [1.807, 2.05) is 18.7 Å². The summed E-state index contributed by atoms with van der Waals surface area (Å²) in [5, 5.41) is 0.